The van der Waals surface area contributed by atoms with Gasteiger partial charge < -0.3 is 4.42 Å². The number of thiophene rings is 1. The summed E-state index contributed by atoms with van der Waals surface area (Å²) in [6.45, 7) is 5.05. The van der Waals surface area contributed by atoms with Crippen LogP contribution in [0.5, 0.6) is 0 Å². The molecule has 3 aromatic heterocycles. The Labute approximate surface area is 133 Å². The second-order valence-corrected chi connectivity index (χ2v) is 6.64. The van der Waals surface area contributed by atoms with E-state index in [-0.39, 0.29) is 0 Å². The Morgan fingerprint density at radius 3 is 2.86 bits per heavy atom. The quantitative estimate of drug-likeness (QED) is 0.736. The van der Waals surface area contributed by atoms with Crippen molar-refractivity contribution in [1.82, 2.24) is 20.0 Å². The molecular formula is C16H18N4OS. The van der Waals surface area contributed by atoms with E-state index in [2.05, 4.69) is 35.2 Å². The van der Waals surface area contributed by atoms with Crippen LogP contribution in [0.25, 0.3) is 22.2 Å². The number of hydrogen-bond donors (Lipinski definition) is 0. The maximum atomic E-state index is 5.93. The Morgan fingerprint density at radius 1 is 1.23 bits per heavy atom. The molecule has 6 heteroatoms. The van der Waals surface area contributed by atoms with Gasteiger partial charge in [-0.2, -0.15) is 5.10 Å². The molecule has 0 N–H and O–H groups in total. The molecule has 4 rings (SSSR count). The van der Waals surface area contributed by atoms with Gasteiger partial charge in [-0.3, -0.25) is 4.68 Å². The summed E-state index contributed by atoms with van der Waals surface area (Å²) in [5, 5.41) is 12.9. The predicted octanol–water partition coefficient (Wildman–Crippen LogP) is 3.73. The third kappa shape index (κ3) is 2.09. The molecule has 0 radical (unpaired) electrons. The normalized spacial score (nSPS) is 13.7. The standard InChI is InChI=1S/C16H18N4OS/c1-3-12-11(9-17-20(12)4-2)15-18-19-16(21-15)14-8-10-6-5-7-13(10)22-14/h8-9H,3-7H2,1-2H3. The summed E-state index contributed by atoms with van der Waals surface area (Å²) >= 11 is 1.79. The summed E-state index contributed by atoms with van der Waals surface area (Å²) in [6, 6.07) is 2.21. The van der Waals surface area contributed by atoms with Gasteiger partial charge in [0.15, 0.2) is 0 Å². The maximum Gasteiger partial charge on any atom is 0.258 e. The Balaban J connectivity index is 1.70. The number of fused-ring (bicyclic) bond motifs is 1. The van der Waals surface area contributed by atoms with Gasteiger partial charge in [0.05, 0.1) is 22.3 Å². The first-order valence-corrected chi connectivity index (χ1v) is 8.62. The summed E-state index contributed by atoms with van der Waals surface area (Å²) in [5.74, 6) is 1.20. The highest BCUT2D eigenvalue weighted by atomic mass is 32.1. The minimum atomic E-state index is 0.570. The smallest absolute Gasteiger partial charge is 0.258 e. The first kappa shape index (κ1) is 13.7. The molecule has 22 heavy (non-hydrogen) atoms. The molecule has 0 spiro atoms. The minimum Gasteiger partial charge on any atom is -0.415 e. The van der Waals surface area contributed by atoms with Crippen LogP contribution in [-0.4, -0.2) is 20.0 Å². The number of aryl methyl sites for hydroxylation is 3. The zero-order chi connectivity index (χ0) is 15.1. The molecule has 0 aliphatic heterocycles. The zero-order valence-electron chi connectivity index (χ0n) is 12.8. The van der Waals surface area contributed by atoms with Crippen molar-refractivity contribution in [2.24, 2.45) is 0 Å². The first-order chi connectivity index (χ1) is 10.8. The van der Waals surface area contributed by atoms with E-state index in [1.54, 1.807) is 11.3 Å². The van der Waals surface area contributed by atoms with Crippen LogP contribution < -0.4 is 0 Å². The van der Waals surface area contributed by atoms with Crippen LogP contribution in [0.4, 0.5) is 0 Å². The van der Waals surface area contributed by atoms with Crippen LogP contribution >= 0.6 is 11.3 Å². The fourth-order valence-corrected chi connectivity index (χ4v) is 4.28. The largest absolute Gasteiger partial charge is 0.415 e. The molecule has 0 bridgehead atoms. The molecule has 0 amide bonds. The van der Waals surface area contributed by atoms with Crippen LogP contribution in [0.1, 0.15) is 36.4 Å². The molecule has 5 nitrogen and oxygen atoms in total. The molecule has 1 aliphatic rings. The van der Waals surface area contributed by atoms with Gasteiger partial charge in [-0.15, -0.1) is 21.5 Å². The van der Waals surface area contributed by atoms with Crippen molar-refractivity contribution in [3.05, 3.63) is 28.4 Å². The molecule has 0 saturated heterocycles. The van der Waals surface area contributed by atoms with Crippen molar-refractivity contribution < 1.29 is 4.42 Å². The molecule has 3 heterocycles. The lowest BCUT2D eigenvalue weighted by Gasteiger charge is -2.02. The fourth-order valence-electron chi connectivity index (χ4n) is 3.10. The van der Waals surface area contributed by atoms with E-state index in [9.17, 15) is 0 Å². The molecule has 114 valence electrons. The SMILES string of the molecule is CCc1c(-c2nnc(-c3cc4c(s3)CCC4)o2)cnn1CC. The van der Waals surface area contributed by atoms with Gasteiger partial charge in [0.25, 0.3) is 11.8 Å². The van der Waals surface area contributed by atoms with Gasteiger partial charge in [-0.05, 0) is 44.2 Å². The van der Waals surface area contributed by atoms with Gasteiger partial charge in [-0.1, -0.05) is 6.92 Å². The molecule has 3 aromatic rings. The van der Waals surface area contributed by atoms with Crippen molar-refractivity contribution in [1.29, 1.82) is 0 Å². The van der Waals surface area contributed by atoms with E-state index < -0.39 is 0 Å². The van der Waals surface area contributed by atoms with Crippen LogP contribution in [0.2, 0.25) is 0 Å². The summed E-state index contributed by atoms with van der Waals surface area (Å²) in [7, 11) is 0. The van der Waals surface area contributed by atoms with Crippen molar-refractivity contribution in [2.75, 3.05) is 0 Å². The molecule has 0 atom stereocenters. The van der Waals surface area contributed by atoms with Gasteiger partial charge in [0.2, 0.25) is 0 Å². The second kappa shape index (κ2) is 5.35. The van der Waals surface area contributed by atoms with Gasteiger partial charge in [-0.25, -0.2) is 0 Å². The predicted molar refractivity (Wildman–Crippen MR) is 85.9 cm³/mol. The maximum absolute atomic E-state index is 5.93. The van der Waals surface area contributed by atoms with E-state index >= 15 is 0 Å². The monoisotopic (exact) mass is 314 g/mol. The highest BCUT2D eigenvalue weighted by Gasteiger charge is 2.21. The number of rotatable bonds is 4. The minimum absolute atomic E-state index is 0.570. The van der Waals surface area contributed by atoms with Crippen LogP contribution in [0.3, 0.4) is 0 Å². The van der Waals surface area contributed by atoms with E-state index in [1.807, 2.05) is 10.9 Å². The second-order valence-electron chi connectivity index (χ2n) is 5.50. The summed E-state index contributed by atoms with van der Waals surface area (Å²) in [6.07, 6.45) is 6.36. The Morgan fingerprint density at radius 2 is 2.09 bits per heavy atom. The summed E-state index contributed by atoms with van der Waals surface area (Å²) in [4.78, 5) is 2.56. The third-order valence-corrected chi connectivity index (χ3v) is 5.42. The zero-order valence-corrected chi connectivity index (χ0v) is 13.6. The highest BCUT2D eigenvalue weighted by molar-refractivity contribution is 7.15. The average Bonchev–Trinajstić information content (AvgIpc) is 3.26. The number of nitrogens with zero attached hydrogens (tertiary/aromatic N) is 4. The van der Waals surface area contributed by atoms with Crippen molar-refractivity contribution >= 4 is 11.3 Å². The lowest BCUT2D eigenvalue weighted by atomic mass is 10.2. The third-order valence-electron chi connectivity index (χ3n) is 4.20. The van der Waals surface area contributed by atoms with Gasteiger partial charge in [0, 0.05) is 11.4 Å². The lowest BCUT2D eigenvalue weighted by molar-refractivity contribution is 0.583. The fraction of sp³-hybridized carbons (Fsp3) is 0.438. The summed E-state index contributed by atoms with van der Waals surface area (Å²) < 4.78 is 7.91. The van der Waals surface area contributed by atoms with E-state index in [1.165, 1.54) is 29.7 Å². The number of hydrogen-bond acceptors (Lipinski definition) is 5. The lowest BCUT2D eigenvalue weighted by Crippen LogP contribution is -2.01. The first-order valence-electron chi connectivity index (χ1n) is 7.80. The van der Waals surface area contributed by atoms with Crippen molar-refractivity contribution in [3.8, 4) is 22.2 Å². The Bertz CT molecular complexity index is 793. The molecule has 1 aliphatic carbocycles. The van der Waals surface area contributed by atoms with E-state index in [4.69, 9.17) is 4.42 Å². The molecular weight excluding hydrogens is 296 g/mol. The molecule has 0 saturated carbocycles. The number of aromatic nitrogens is 4. The van der Waals surface area contributed by atoms with Gasteiger partial charge >= 0.3 is 0 Å². The van der Waals surface area contributed by atoms with Crippen molar-refractivity contribution in [3.63, 3.8) is 0 Å². The van der Waals surface area contributed by atoms with Crippen molar-refractivity contribution in [2.45, 2.75) is 46.1 Å². The van der Waals surface area contributed by atoms with E-state index in [0.717, 1.165) is 29.1 Å². The van der Waals surface area contributed by atoms with Crippen LogP contribution in [-0.2, 0) is 25.8 Å². The van der Waals surface area contributed by atoms with Gasteiger partial charge in [0.1, 0.15) is 0 Å². The molecule has 0 fully saturated rings. The highest BCUT2D eigenvalue weighted by Crippen LogP contribution is 2.37. The molecule has 0 unspecified atom stereocenters. The average molecular weight is 314 g/mol. The van der Waals surface area contributed by atoms with Crippen LogP contribution in [0, 0.1) is 0 Å². The van der Waals surface area contributed by atoms with E-state index in [0.29, 0.717) is 11.8 Å². The summed E-state index contributed by atoms with van der Waals surface area (Å²) in [5.41, 5.74) is 3.55. The Hall–Kier alpha value is -1.95. The topological polar surface area (TPSA) is 56.7 Å². The Kier molecular flexibility index (Phi) is 3.33. The molecule has 0 aromatic carbocycles. The van der Waals surface area contributed by atoms with Crippen LogP contribution in [0.15, 0.2) is 16.7 Å².